The van der Waals surface area contributed by atoms with Crippen LogP contribution >= 0.6 is 11.3 Å². The second kappa shape index (κ2) is 5.45. The zero-order valence-corrected chi connectivity index (χ0v) is 14.0. The summed E-state index contributed by atoms with van der Waals surface area (Å²) in [5.74, 6) is 2.31. The van der Waals surface area contributed by atoms with Crippen molar-refractivity contribution in [2.24, 2.45) is 0 Å². The van der Waals surface area contributed by atoms with Gasteiger partial charge in [0.15, 0.2) is 10.8 Å². The van der Waals surface area contributed by atoms with Crippen LogP contribution in [0.2, 0.25) is 0 Å². The third-order valence-electron chi connectivity index (χ3n) is 4.13. The Labute approximate surface area is 137 Å². The van der Waals surface area contributed by atoms with Crippen LogP contribution in [0, 0.1) is 0 Å². The molecule has 0 aliphatic carbocycles. The molecule has 1 aliphatic heterocycles. The fourth-order valence-electron chi connectivity index (χ4n) is 2.95. The standard InChI is InChI=1S/C15H18N6OS/c1-10(2)14-18-17-12-9-19(3-4-21(12)14)13(22)7-11-8-20-5-6-23-15(20)16-11/h5-6,8,10H,3-4,7,9H2,1-2H3. The maximum atomic E-state index is 12.5. The van der Waals surface area contributed by atoms with Crippen LogP contribution < -0.4 is 0 Å². The summed E-state index contributed by atoms with van der Waals surface area (Å²) >= 11 is 1.57. The number of nitrogens with zero attached hydrogens (tertiary/aromatic N) is 6. The largest absolute Gasteiger partial charge is 0.333 e. The molecule has 0 bridgehead atoms. The Morgan fingerprint density at radius 3 is 3.00 bits per heavy atom. The Hall–Kier alpha value is -2.22. The Morgan fingerprint density at radius 1 is 1.35 bits per heavy atom. The van der Waals surface area contributed by atoms with Crippen LogP contribution in [-0.2, 0) is 24.3 Å². The van der Waals surface area contributed by atoms with E-state index in [1.165, 1.54) is 0 Å². The molecule has 3 aromatic heterocycles. The van der Waals surface area contributed by atoms with E-state index in [1.807, 2.05) is 27.1 Å². The van der Waals surface area contributed by atoms with E-state index in [-0.39, 0.29) is 5.91 Å². The van der Waals surface area contributed by atoms with E-state index in [1.54, 1.807) is 11.3 Å². The molecule has 0 N–H and O–H groups in total. The number of hydrogen-bond acceptors (Lipinski definition) is 5. The van der Waals surface area contributed by atoms with Gasteiger partial charge in [0.25, 0.3) is 0 Å². The quantitative estimate of drug-likeness (QED) is 0.733. The maximum absolute atomic E-state index is 12.5. The minimum absolute atomic E-state index is 0.0936. The van der Waals surface area contributed by atoms with Crippen molar-refractivity contribution in [3.63, 3.8) is 0 Å². The molecule has 0 unspecified atom stereocenters. The lowest BCUT2D eigenvalue weighted by molar-refractivity contribution is -0.132. The Kier molecular flexibility index (Phi) is 3.41. The lowest BCUT2D eigenvalue weighted by Crippen LogP contribution is -2.39. The van der Waals surface area contributed by atoms with Gasteiger partial charge in [-0.3, -0.25) is 9.20 Å². The number of carbonyl (C=O) groups excluding carboxylic acids is 1. The second-order valence-corrected chi connectivity index (χ2v) is 6.97. The van der Waals surface area contributed by atoms with Gasteiger partial charge in [0.1, 0.15) is 5.82 Å². The summed E-state index contributed by atoms with van der Waals surface area (Å²) < 4.78 is 4.09. The maximum Gasteiger partial charge on any atom is 0.229 e. The molecule has 23 heavy (non-hydrogen) atoms. The number of fused-ring (bicyclic) bond motifs is 2. The molecule has 3 aromatic rings. The van der Waals surface area contributed by atoms with Gasteiger partial charge >= 0.3 is 0 Å². The van der Waals surface area contributed by atoms with Gasteiger partial charge in [-0.05, 0) is 0 Å². The zero-order chi connectivity index (χ0) is 16.0. The molecule has 7 nitrogen and oxygen atoms in total. The number of carbonyl (C=O) groups is 1. The molecule has 4 rings (SSSR count). The summed E-state index contributed by atoms with van der Waals surface area (Å²) in [7, 11) is 0. The summed E-state index contributed by atoms with van der Waals surface area (Å²) in [4.78, 5) is 19.8. The lowest BCUT2D eigenvalue weighted by Gasteiger charge is -2.28. The van der Waals surface area contributed by atoms with E-state index in [2.05, 4.69) is 33.6 Å². The third kappa shape index (κ3) is 2.52. The number of amides is 1. The van der Waals surface area contributed by atoms with Gasteiger partial charge in [-0.25, -0.2) is 4.98 Å². The summed E-state index contributed by atoms with van der Waals surface area (Å²) in [6, 6.07) is 0. The van der Waals surface area contributed by atoms with E-state index in [0.717, 1.165) is 28.8 Å². The van der Waals surface area contributed by atoms with Gasteiger partial charge in [-0.15, -0.1) is 21.5 Å². The van der Waals surface area contributed by atoms with E-state index < -0.39 is 0 Å². The van der Waals surface area contributed by atoms with Crippen molar-refractivity contribution in [2.45, 2.75) is 39.3 Å². The fourth-order valence-corrected chi connectivity index (χ4v) is 3.67. The van der Waals surface area contributed by atoms with E-state index in [4.69, 9.17) is 0 Å². The first kappa shape index (κ1) is 14.4. The number of imidazole rings is 1. The Morgan fingerprint density at radius 2 is 2.22 bits per heavy atom. The highest BCUT2D eigenvalue weighted by Crippen LogP contribution is 2.19. The summed E-state index contributed by atoms with van der Waals surface area (Å²) in [5.41, 5.74) is 0.816. The molecular weight excluding hydrogens is 312 g/mol. The van der Waals surface area contributed by atoms with E-state index in [0.29, 0.717) is 25.4 Å². The number of aromatic nitrogens is 5. The topological polar surface area (TPSA) is 68.3 Å². The zero-order valence-electron chi connectivity index (χ0n) is 13.1. The summed E-state index contributed by atoms with van der Waals surface area (Å²) in [6.45, 7) is 6.21. The number of thiazole rings is 1. The predicted octanol–water partition coefficient (Wildman–Crippen LogP) is 1.70. The van der Waals surface area contributed by atoms with Gasteiger partial charge < -0.3 is 9.47 Å². The van der Waals surface area contributed by atoms with Crippen LogP contribution in [0.1, 0.15) is 37.1 Å². The van der Waals surface area contributed by atoms with Crippen LogP contribution in [0.3, 0.4) is 0 Å². The first-order valence-corrected chi connectivity index (χ1v) is 8.60. The van der Waals surface area contributed by atoms with Crippen LogP contribution in [0.25, 0.3) is 4.96 Å². The van der Waals surface area contributed by atoms with Gasteiger partial charge in [0, 0.05) is 36.8 Å². The number of rotatable bonds is 3. The van der Waals surface area contributed by atoms with Crippen molar-refractivity contribution in [2.75, 3.05) is 6.54 Å². The van der Waals surface area contributed by atoms with Gasteiger partial charge in [0.2, 0.25) is 5.91 Å². The van der Waals surface area contributed by atoms with Gasteiger partial charge in [-0.1, -0.05) is 13.8 Å². The van der Waals surface area contributed by atoms with Crippen molar-refractivity contribution in [3.05, 3.63) is 35.1 Å². The highest BCUT2D eigenvalue weighted by molar-refractivity contribution is 7.15. The second-order valence-electron chi connectivity index (χ2n) is 6.10. The van der Waals surface area contributed by atoms with Crippen molar-refractivity contribution in [1.82, 2.24) is 29.0 Å². The molecule has 0 atom stereocenters. The summed E-state index contributed by atoms with van der Waals surface area (Å²) in [5, 5.41) is 10.5. The molecule has 120 valence electrons. The minimum atomic E-state index is 0.0936. The van der Waals surface area contributed by atoms with Crippen molar-refractivity contribution >= 4 is 22.2 Å². The predicted molar refractivity (Wildman–Crippen MR) is 86.3 cm³/mol. The SMILES string of the molecule is CC(C)c1nnc2n1CCN(C(=O)Cc1cn3ccsc3n1)C2. The molecule has 8 heteroatoms. The van der Waals surface area contributed by atoms with E-state index >= 15 is 0 Å². The third-order valence-corrected chi connectivity index (χ3v) is 4.90. The number of hydrogen-bond donors (Lipinski definition) is 0. The monoisotopic (exact) mass is 330 g/mol. The molecule has 0 aromatic carbocycles. The molecular formula is C15H18N6OS. The average Bonchev–Trinajstić information content (AvgIpc) is 3.19. The highest BCUT2D eigenvalue weighted by atomic mass is 32.1. The van der Waals surface area contributed by atoms with Gasteiger partial charge in [-0.2, -0.15) is 0 Å². The van der Waals surface area contributed by atoms with Crippen molar-refractivity contribution in [3.8, 4) is 0 Å². The molecule has 0 saturated heterocycles. The molecule has 0 spiro atoms. The Bertz CT molecular complexity index is 832. The van der Waals surface area contributed by atoms with Crippen LogP contribution in [0.15, 0.2) is 17.8 Å². The van der Waals surface area contributed by atoms with Crippen LogP contribution in [0.4, 0.5) is 0 Å². The Balaban J connectivity index is 1.48. The molecule has 1 aliphatic rings. The summed E-state index contributed by atoms with van der Waals surface area (Å²) in [6.07, 6.45) is 4.21. The van der Waals surface area contributed by atoms with E-state index in [9.17, 15) is 4.79 Å². The lowest BCUT2D eigenvalue weighted by atomic mass is 10.2. The van der Waals surface area contributed by atoms with Crippen LogP contribution in [-0.4, -0.2) is 41.5 Å². The minimum Gasteiger partial charge on any atom is -0.333 e. The normalized spacial score (nSPS) is 14.7. The smallest absolute Gasteiger partial charge is 0.229 e. The molecule has 4 heterocycles. The molecule has 1 amide bonds. The molecule has 0 fully saturated rings. The first-order valence-electron chi connectivity index (χ1n) is 7.72. The van der Waals surface area contributed by atoms with Crippen molar-refractivity contribution < 1.29 is 4.79 Å². The van der Waals surface area contributed by atoms with Crippen LogP contribution in [0.5, 0.6) is 0 Å². The molecule has 0 saturated carbocycles. The fraction of sp³-hybridized carbons (Fsp3) is 0.467. The first-order chi connectivity index (χ1) is 11.1. The average molecular weight is 330 g/mol. The molecule has 0 radical (unpaired) electrons. The van der Waals surface area contributed by atoms with Gasteiger partial charge in [0.05, 0.1) is 18.7 Å². The van der Waals surface area contributed by atoms with Crippen molar-refractivity contribution in [1.29, 1.82) is 0 Å². The highest BCUT2D eigenvalue weighted by Gasteiger charge is 2.25.